The Morgan fingerprint density at radius 1 is 1.18 bits per heavy atom. The second kappa shape index (κ2) is 7.36. The fraction of sp³-hybridized carbons (Fsp3) is 0.350. The van der Waals surface area contributed by atoms with Gasteiger partial charge >= 0.3 is 0 Å². The number of hydrogen-bond acceptors (Lipinski definition) is 4. The maximum atomic E-state index is 14.9. The molecule has 3 rings (SSSR count). The molecule has 0 amide bonds. The zero-order chi connectivity index (χ0) is 20.6. The van der Waals surface area contributed by atoms with Crippen LogP contribution in [0.25, 0.3) is 16.9 Å². The highest BCUT2D eigenvalue weighted by Gasteiger charge is 2.27. The Balaban J connectivity index is 2.30. The third-order valence-electron chi connectivity index (χ3n) is 4.60. The summed E-state index contributed by atoms with van der Waals surface area (Å²) in [6.45, 7) is 9.70. The van der Waals surface area contributed by atoms with Crippen molar-refractivity contribution in [2.24, 2.45) is 5.41 Å². The van der Waals surface area contributed by atoms with E-state index in [1.807, 2.05) is 27.7 Å². The van der Waals surface area contributed by atoms with Gasteiger partial charge in [-0.3, -0.25) is 0 Å². The molecule has 0 aliphatic rings. The molecule has 1 aromatic carbocycles. The molecule has 0 aliphatic carbocycles. The van der Waals surface area contributed by atoms with E-state index < -0.39 is 11.6 Å². The number of nitrogens with one attached hydrogen (secondary N) is 1. The van der Waals surface area contributed by atoms with E-state index in [0.717, 1.165) is 0 Å². The van der Waals surface area contributed by atoms with E-state index in [4.69, 9.17) is 11.6 Å². The molecule has 0 fully saturated rings. The van der Waals surface area contributed by atoms with Crippen molar-refractivity contribution in [1.29, 1.82) is 0 Å². The lowest BCUT2D eigenvalue weighted by Gasteiger charge is -2.30. The average molecular weight is 404 g/mol. The lowest BCUT2D eigenvalue weighted by Crippen LogP contribution is -2.32. The smallest absolute Gasteiger partial charge is 0.255 e. The zero-order valence-corrected chi connectivity index (χ0v) is 17.0. The lowest BCUT2D eigenvalue weighted by molar-refractivity contribution is 0.358. The minimum Gasteiger partial charge on any atom is -0.366 e. The van der Waals surface area contributed by atoms with E-state index in [9.17, 15) is 8.78 Å². The fourth-order valence-electron chi connectivity index (χ4n) is 2.62. The van der Waals surface area contributed by atoms with E-state index in [0.29, 0.717) is 5.82 Å². The first kappa shape index (κ1) is 20.0. The van der Waals surface area contributed by atoms with E-state index in [1.54, 1.807) is 6.92 Å². The van der Waals surface area contributed by atoms with E-state index in [2.05, 4.69) is 32.2 Å². The van der Waals surface area contributed by atoms with Crippen molar-refractivity contribution in [3.8, 4) is 23.0 Å². The number of anilines is 1. The number of hydrogen-bond donors (Lipinski definition) is 1. The van der Waals surface area contributed by atoms with Crippen molar-refractivity contribution in [1.82, 2.24) is 19.6 Å². The molecular weight excluding hydrogens is 384 g/mol. The summed E-state index contributed by atoms with van der Waals surface area (Å²) in [5, 5.41) is 7.36. The van der Waals surface area contributed by atoms with Gasteiger partial charge in [-0.2, -0.15) is 19.6 Å². The third kappa shape index (κ3) is 3.65. The summed E-state index contributed by atoms with van der Waals surface area (Å²) < 4.78 is 31.2. The van der Waals surface area contributed by atoms with Crippen LogP contribution in [0.3, 0.4) is 0 Å². The van der Waals surface area contributed by atoms with Gasteiger partial charge in [0.25, 0.3) is 5.78 Å². The molecule has 8 heteroatoms. The highest BCUT2D eigenvalue weighted by molar-refractivity contribution is 6.33. The summed E-state index contributed by atoms with van der Waals surface area (Å²) in [5.41, 5.74) is -0.107. The molecule has 2 heterocycles. The van der Waals surface area contributed by atoms with Crippen molar-refractivity contribution in [3.63, 3.8) is 0 Å². The predicted octanol–water partition coefficient (Wildman–Crippen LogP) is 4.94. The summed E-state index contributed by atoms with van der Waals surface area (Å²) >= 11 is 6.35. The summed E-state index contributed by atoms with van der Waals surface area (Å²) in [4.78, 5) is 8.17. The van der Waals surface area contributed by atoms with Gasteiger partial charge in [0.2, 0.25) is 0 Å². The fourth-order valence-corrected chi connectivity index (χ4v) is 2.88. The average Bonchev–Trinajstić information content (AvgIpc) is 3.04. The van der Waals surface area contributed by atoms with Gasteiger partial charge in [0.05, 0.1) is 11.1 Å². The summed E-state index contributed by atoms with van der Waals surface area (Å²) in [5.74, 6) is 4.26. The first-order valence-corrected chi connectivity index (χ1v) is 9.09. The van der Waals surface area contributed by atoms with Crippen LogP contribution in [0.1, 0.15) is 40.2 Å². The Hall–Kier alpha value is -2.72. The van der Waals surface area contributed by atoms with Crippen molar-refractivity contribution >= 4 is 23.2 Å². The summed E-state index contributed by atoms with van der Waals surface area (Å²) in [7, 11) is 0. The summed E-state index contributed by atoms with van der Waals surface area (Å²) in [6.07, 6.45) is 1.31. The van der Waals surface area contributed by atoms with Crippen LogP contribution in [0.15, 0.2) is 18.5 Å². The molecule has 146 valence electrons. The molecule has 28 heavy (non-hydrogen) atoms. The van der Waals surface area contributed by atoms with Crippen LogP contribution in [0.5, 0.6) is 0 Å². The monoisotopic (exact) mass is 403 g/mol. The van der Waals surface area contributed by atoms with Crippen LogP contribution in [0, 0.1) is 28.9 Å². The van der Waals surface area contributed by atoms with Gasteiger partial charge in [-0.05, 0) is 31.4 Å². The Morgan fingerprint density at radius 2 is 1.82 bits per heavy atom. The number of benzene rings is 1. The van der Waals surface area contributed by atoms with E-state index in [1.165, 1.54) is 23.0 Å². The number of halogens is 3. The Bertz CT molecular complexity index is 1080. The quantitative estimate of drug-likeness (QED) is 0.497. The van der Waals surface area contributed by atoms with Gasteiger partial charge < -0.3 is 5.32 Å². The first-order chi connectivity index (χ1) is 13.1. The minimum atomic E-state index is -0.785. The maximum absolute atomic E-state index is 14.9. The number of rotatable bonds is 3. The first-order valence-electron chi connectivity index (χ1n) is 8.71. The Morgan fingerprint density at radius 3 is 2.39 bits per heavy atom. The molecule has 1 atom stereocenters. The lowest BCUT2D eigenvalue weighted by atomic mass is 9.88. The summed E-state index contributed by atoms with van der Waals surface area (Å²) in [6, 6.07) is 2.27. The molecule has 0 unspecified atom stereocenters. The molecule has 3 aromatic rings. The molecular formula is C20H20ClF2N5. The SMILES string of the molecule is CC#Cc1cc(F)c(-c2c(Cl)nc3ncnn3c2N[C@H](C)C(C)(C)C)c(F)c1. The van der Waals surface area contributed by atoms with Crippen molar-refractivity contribution < 1.29 is 8.78 Å². The standard InChI is InChI=1S/C20H20ClF2N5/c1-6-7-12-8-13(22)15(14(23)9-12)16-17(21)27-19-24-10-25-28(19)18(16)26-11(2)20(3,4)5/h8-11,26H,1-5H3/t11-/m1/s1. The molecule has 1 N–H and O–H groups in total. The van der Waals surface area contributed by atoms with Crippen LogP contribution in [-0.2, 0) is 0 Å². The van der Waals surface area contributed by atoms with Crippen molar-refractivity contribution in [2.75, 3.05) is 5.32 Å². The molecule has 2 aromatic heterocycles. The van der Waals surface area contributed by atoms with Gasteiger partial charge in [-0.15, -0.1) is 5.92 Å². The largest absolute Gasteiger partial charge is 0.366 e. The van der Waals surface area contributed by atoms with Crippen LogP contribution in [0.4, 0.5) is 14.6 Å². The molecule has 0 spiro atoms. The van der Waals surface area contributed by atoms with Crippen molar-refractivity contribution in [2.45, 2.75) is 40.7 Å². The molecule has 0 saturated heterocycles. The maximum Gasteiger partial charge on any atom is 0.255 e. The van der Waals surface area contributed by atoms with Gasteiger partial charge in [-0.1, -0.05) is 38.3 Å². The van der Waals surface area contributed by atoms with Gasteiger partial charge in [-0.25, -0.2) is 8.78 Å². The zero-order valence-electron chi connectivity index (χ0n) is 16.2. The molecule has 5 nitrogen and oxygen atoms in total. The van der Waals surface area contributed by atoms with Gasteiger partial charge in [0, 0.05) is 11.6 Å². The Kier molecular flexibility index (Phi) is 5.26. The van der Waals surface area contributed by atoms with Gasteiger partial charge in [0.15, 0.2) is 0 Å². The van der Waals surface area contributed by atoms with E-state index in [-0.39, 0.29) is 39.1 Å². The molecule has 0 aliphatic heterocycles. The molecule has 0 bridgehead atoms. The molecule has 0 radical (unpaired) electrons. The van der Waals surface area contributed by atoms with Crippen molar-refractivity contribution in [3.05, 3.63) is 40.8 Å². The number of nitrogens with zero attached hydrogens (tertiary/aromatic N) is 4. The highest BCUT2D eigenvalue weighted by atomic mass is 35.5. The minimum absolute atomic E-state index is 0.0729. The van der Waals surface area contributed by atoms with E-state index >= 15 is 0 Å². The normalized spacial score (nSPS) is 12.6. The number of fused-ring (bicyclic) bond motifs is 1. The highest BCUT2D eigenvalue weighted by Crippen LogP contribution is 2.38. The van der Waals surface area contributed by atoms with Gasteiger partial charge in [0.1, 0.15) is 28.9 Å². The Labute approximate surface area is 167 Å². The van der Waals surface area contributed by atoms with Crippen LogP contribution in [0.2, 0.25) is 5.15 Å². The second-order valence-corrected chi connectivity index (χ2v) is 7.88. The van der Waals surface area contributed by atoms with Crippen LogP contribution >= 0.6 is 11.6 Å². The molecule has 0 saturated carbocycles. The second-order valence-electron chi connectivity index (χ2n) is 7.52. The number of aromatic nitrogens is 4. The predicted molar refractivity (Wildman–Crippen MR) is 106 cm³/mol. The van der Waals surface area contributed by atoms with Crippen LogP contribution in [-0.4, -0.2) is 25.6 Å². The van der Waals surface area contributed by atoms with Crippen LogP contribution < -0.4 is 5.32 Å². The topological polar surface area (TPSA) is 55.1 Å². The third-order valence-corrected chi connectivity index (χ3v) is 4.87.